The fraction of sp³-hybridized carbons (Fsp3) is 0.222. The Bertz CT molecular complexity index is 1020. The lowest BCUT2D eigenvalue weighted by molar-refractivity contribution is -0.116. The van der Waals surface area contributed by atoms with Crippen molar-refractivity contribution in [2.75, 3.05) is 11.1 Å². The van der Waals surface area contributed by atoms with E-state index in [4.69, 9.17) is 11.6 Å². The lowest BCUT2D eigenvalue weighted by Gasteiger charge is -2.05. The first-order valence-electron chi connectivity index (χ1n) is 8.02. The van der Waals surface area contributed by atoms with E-state index in [1.165, 1.54) is 11.3 Å². The van der Waals surface area contributed by atoms with Crippen molar-refractivity contribution in [3.63, 3.8) is 0 Å². The summed E-state index contributed by atoms with van der Waals surface area (Å²) in [6.45, 7) is 0. The first-order chi connectivity index (χ1) is 12.4. The summed E-state index contributed by atoms with van der Waals surface area (Å²) in [4.78, 5) is 16.4. The van der Waals surface area contributed by atoms with Crippen molar-refractivity contribution in [2.24, 2.45) is 0 Å². The van der Waals surface area contributed by atoms with Crippen LogP contribution in [0.2, 0.25) is 5.02 Å². The van der Waals surface area contributed by atoms with Gasteiger partial charge in [0.25, 0.3) is 0 Å². The first-order valence-corrected chi connectivity index (χ1v) is 11.0. The molecule has 0 aliphatic carbocycles. The molecule has 0 bridgehead atoms. The van der Waals surface area contributed by atoms with E-state index in [-0.39, 0.29) is 30.3 Å². The van der Waals surface area contributed by atoms with E-state index < -0.39 is 9.84 Å². The summed E-state index contributed by atoms with van der Waals surface area (Å²) in [6, 6.07) is 14.4. The molecule has 0 spiro atoms. The van der Waals surface area contributed by atoms with Gasteiger partial charge in [-0.1, -0.05) is 53.3 Å². The molecule has 8 heteroatoms. The van der Waals surface area contributed by atoms with E-state index in [1.54, 1.807) is 30.3 Å². The third-order valence-electron chi connectivity index (χ3n) is 3.69. The molecule has 0 radical (unpaired) electrons. The number of sulfone groups is 1. The average molecular weight is 409 g/mol. The molecule has 1 aromatic heterocycles. The maximum atomic E-state index is 12.1. The van der Waals surface area contributed by atoms with E-state index in [9.17, 15) is 13.2 Å². The van der Waals surface area contributed by atoms with Gasteiger partial charge < -0.3 is 5.32 Å². The van der Waals surface area contributed by atoms with Crippen molar-refractivity contribution >= 4 is 54.0 Å². The maximum Gasteiger partial charge on any atom is 0.226 e. The molecular weight excluding hydrogens is 392 g/mol. The highest BCUT2D eigenvalue weighted by Crippen LogP contribution is 2.28. The molecule has 136 valence electrons. The fourth-order valence-corrected chi connectivity index (χ4v) is 5.07. The second kappa shape index (κ2) is 8.16. The number of thiazole rings is 1. The molecule has 1 heterocycles. The van der Waals surface area contributed by atoms with Crippen LogP contribution >= 0.6 is 22.9 Å². The lowest BCUT2D eigenvalue weighted by Crippen LogP contribution is -2.15. The summed E-state index contributed by atoms with van der Waals surface area (Å²) in [5.41, 5.74) is 1.52. The van der Waals surface area contributed by atoms with Crippen LogP contribution in [0.5, 0.6) is 0 Å². The number of rotatable bonds is 7. The number of aromatic nitrogens is 1. The van der Waals surface area contributed by atoms with Gasteiger partial charge in [-0.25, -0.2) is 13.4 Å². The van der Waals surface area contributed by atoms with Crippen LogP contribution < -0.4 is 5.32 Å². The summed E-state index contributed by atoms with van der Waals surface area (Å²) < 4.78 is 25.2. The molecule has 0 aliphatic rings. The standard InChI is InChI=1S/C18H17ClN2O3S2/c19-14-8-9-15-16(11-14)25-18(20-15)21-17(22)7-4-10-26(23,24)12-13-5-2-1-3-6-13/h1-3,5-6,8-9,11H,4,7,10,12H2,(H,20,21,22). The van der Waals surface area contributed by atoms with Gasteiger partial charge in [0.1, 0.15) is 0 Å². The van der Waals surface area contributed by atoms with Gasteiger partial charge in [0.15, 0.2) is 15.0 Å². The van der Waals surface area contributed by atoms with Crippen molar-refractivity contribution < 1.29 is 13.2 Å². The number of amides is 1. The molecule has 0 saturated carbocycles. The van der Waals surface area contributed by atoms with Crippen molar-refractivity contribution in [3.05, 3.63) is 59.1 Å². The van der Waals surface area contributed by atoms with Gasteiger partial charge in [0, 0.05) is 11.4 Å². The molecule has 3 aromatic rings. The Balaban J connectivity index is 1.50. The van der Waals surface area contributed by atoms with Crippen molar-refractivity contribution in [1.29, 1.82) is 0 Å². The summed E-state index contributed by atoms with van der Waals surface area (Å²) in [7, 11) is -3.24. The average Bonchev–Trinajstić information content (AvgIpc) is 2.96. The number of hydrogen-bond donors (Lipinski definition) is 1. The number of nitrogens with one attached hydrogen (secondary N) is 1. The highest BCUT2D eigenvalue weighted by atomic mass is 35.5. The lowest BCUT2D eigenvalue weighted by atomic mass is 10.2. The molecule has 2 aromatic carbocycles. The van der Waals surface area contributed by atoms with Gasteiger partial charge in [-0.2, -0.15) is 0 Å². The number of nitrogens with zero attached hydrogens (tertiary/aromatic N) is 1. The van der Waals surface area contributed by atoms with Crippen LogP contribution in [0.25, 0.3) is 10.2 Å². The number of benzene rings is 2. The summed E-state index contributed by atoms with van der Waals surface area (Å²) in [6.07, 6.45) is 0.405. The van der Waals surface area contributed by atoms with Crippen LogP contribution in [0.4, 0.5) is 5.13 Å². The van der Waals surface area contributed by atoms with Crippen LogP contribution in [0, 0.1) is 0 Å². The topological polar surface area (TPSA) is 76.1 Å². The third-order valence-corrected chi connectivity index (χ3v) is 6.54. The quantitative estimate of drug-likeness (QED) is 0.632. The van der Waals surface area contributed by atoms with Crippen molar-refractivity contribution in [1.82, 2.24) is 4.98 Å². The molecule has 0 atom stereocenters. The van der Waals surface area contributed by atoms with Gasteiger partial charge in [0.2, 0.25) is 5.91 Å². The Labute approximate surface area is 160 Å². The van der Waals surface area contributed by atoms with Gasteiger partial charge in [0.05, 0.1) is 21.7 Å². The molecule has 0 aliphatic heterocycles. The Kier molecular flexibility index (Phi) is 5.90. The van der Waals surface area contributed by atoms with Crippen LogP contribution in [0.3, 0.4) is 0 Å². The highest BCUT2D eigenvalue weighted by molar-refractivity contribution is 7.90. The number of carbonyl (C=O) groups is 1. The van der Waals surface area contributed by atoms with Gasteiger partial charge in [-0.3, -0.25) is 4.79 Å². The summed E-state index contributed by atoms with van der Waals surface area (Å²) >= 11 is 7.27. The molecule has 0 fully saturated rings. The first kappa shape index (κ1) is 18.8. The van der Waals surface area contributed by atoms with E-state index in [0.29, 0.717) is 10.2 Å². The number of fused-ring (bicyclic) bond motifs is 1. The van der Waals surface area contributed by atoms with E-state index in [1.807, 2.05) is 18.2 Å². The second-order valence-corrected chi connectivity index (χ2v) is 9.51. The number of anilines is 1. The van der Waals surface area contributed by atoms with E-state index >= 15 is 0 Å². The molecule has 1 amide bonds. The summed E-state index contributed by atoms with van der Waals surface area (Å²) in [5.74, 6) is -0.274. The van der Waals surface area contributed by atoms with Gasteiger partial charge in [-0.15, -0.1) is 0 Å². The smallest absolute Gasteiger partial charge is 0.226 e. The predicted octanol–water partition coefficient (Wildman–Crippen LogP) is 4.28. The molecule has 0 unspecified atom stereocenters. The minimum atomic E-state index is -3.24. The van der Waals surface area contributed by atoms with Crippen LogP contribution in [-0.2, 0) is 20.4 Å². The Hall–Kier alpha value is -1.96. The van der Waals surface area contributed by atoms with Crippen LogP contribution in [-0.4, -0.2) is 25.1 Å². The van der Waals surface area contributed by atoms with E-state index in [2.05, 4.69) is 10.3 Å². The highest BCUT2D eigenvalue weighted by Gasteiger charge is 2.14. The van der Waals surface area contributed by atoms with Gasteiger partial charge in [-0.05, 0) is 30.2 Å². The molecular formula is C18H17ClN2O3S2. The molecule has 1 N–H and O–H groups in total. The largest absolute Gasteiger partial charge is 0.302 e. The zero-order chi connectivity index (χ0) is 18.6. The Morgan fingerprint density at radius 3 is 2.69 bits per heavy atom. The van der Waals surface area contributed by atoms with Crippen LogP contribution in [0.15, 0.2) is 48.5 Å². The third kappa shape index (κ3) is 5.27. The Morgan fingerprint density at radius 1 is 1.15 bits per heavy atom. The van der Waals surface area contributed by atoms with E-state index in [0.717, 1.165) is 15.8 Å². The fourth-order valence-electron chi connectivity index (χ4n) is 2.49. The molecule has 3 rings (SSSR count). The molecule has 0 saturated heterocycles. The number of halogens is 1. The van der Waals surface area contributed by atoms with Crippen LogP contribution in [0.1, 0.15) is 18.4 Å². The number of carbonyl (C=O) groups excluding carboxylic acids is 1. The Morgan fingerprint density at radius 2 is 1.92 bits per heavy atom. The predicted molar refractivity (Wildman–Crippen MR) is 106 cm³/mol. The molecule has 5 nitrogen and oxygen atoms in total. The normalized spacial score (nSPS) is 11.6. The SMILES string of the molecule is O=C(CCCS(=O)(=O)Cc1ccccc1)Nc1nc2ccc(Cl)cc2s1. The minimum Gasteiger partial charge on any atom is -0.302 e. The van der Waals surface area contributed by atoms with Crippen molar-refractivity contribution in [3.8, 4) is 0 Å². The number of hydrogen-bond acceptors (Lipinski definition) is 5. The second-order valence-electron chi connectivity index (χ2n) is 5.86. The molecule has 26 heavy (non-hydrogen) atoms. The monoisotopic (exact) mass is 408 g/mol. The van der Waals surface area contributed by atoms with Gasteiger partial charge >= 0.3 is 0 Å². The minimum absolute atomic E-state index is 0.00587. The van der Waals surface area contributed by atoms with Crippen molar-refractivity contribution in [2.45, 2.75) is 18.6 Å². The maximum absolute atomic E-state index is 12.1. The zero-order valence-corrected chi connectivity index (χ0v) is 16.2. The summed E-state index contributed by atoms with van der Waals surface area (Å²) in [5, 5.41) is 3.82. The zero-order valence-electron chi connectivity index (χ0n) is 13.8.